The Labute approximate surface area is 301 Å². The van der Waals surface area contributed by atoms with Crippen LogP contribution in [0.5, 0.6) is 11.5 Å². The van der Waals surface area contributed by atoms with Crippen LogP contribution in [0.4, 0.5) is 10.5 Å². The number of rotatable bonds is 19. The number of benzene rings is 2. The summed E-state index contributed by atoms with van der Waals surface area (Å²) in [6.07, 6.45) is 1.06. The van der Waals surface area contributed by atoms with Crippen LogP contribution in [0, 0.1) is 0 Å². The number of amides is 1. The number of anilines is 1. The molecule has 1 N–H and O–H groups in total. The minimum absolute atomic E-state index is 0.170. The summed E-state index contributed by atoms with van der Waals surface area (Å²) in [6, 6.07) is 14.5. The molecule has 0 bridgehead atoms. The Kier molecular flexibility index (Phi) is 15.3. The molecule has 0 saturated carbocycles. The van der Waals surface area contributed by atoms with Gasteiger partial charge in [-0.3, -0.25) is 0 Å². The van der Waals surface area contributed by atoms with E-state index in [1.165, 1.54) is 4.90 Å². The van der Waals surface area contributed by atoms with Crippen molar-refractivity contribution in [3.63, 3.8) is 0 Å². The lowest BCUT2D eigenvalue weighted by Gasteiger charge is -2.50. The summed E-state index contributed by atoms with van der Waals surface area (Å²) in [5.41, 5.74) is 4.19. The summed E-state index contributed by atoms with van der Waals surface area (Å²) in [4.78, 5) is 16.5. The fraction of sp³-hybridized carbons (Fsp3) is 0.667. The van der Waals surface area contributed by atoms with Crippen molar-refractivity contribution in [3.8, 4) is 11.5 Å². The van der Waals surface area contributed by atoms with Gasteiger partial charge in [-0.05, 0) is 71.3 Å². The van der Waals surface area contributed by atoms with Crippen LogP contribution in [-0.4, -0.2) is 103 Å². The molecule has 0 unspecified atom stereocenters. The Morgan fingerprint density at radius 1 is 0.880 bits per heavy atom. The van der Waals surface area contributed by atoms with Gasteiger partial charge in [0.15, 0.2) is 0 Å². The molecule has 3 atom stereocenters. The zero-order valence-electron chi connectivity index (χ0n) is 31.7. The van der Waals surface area contributed by atoms with Crippen molar-refractivity contribution in [1.82, 2.24) is 4.90 Å². The van der Waals surface area contributed by atoms with Gasteiger partial charge in [0.1, 0.15) is 18.1 Å². The number of likely N-dealkylation sites (tertiary alicyclic amines) is 1. The molecule has 280 valence electrons. The van der Waals surface area contributed by atoms with Gasteiger partial charge in [0.25, 0.3) is 0 Å². The average Bonchev–Trinajstić information content (AvgIpc) is 3.09. The van der Waals surface area contributed by atoms with E-state index >= 15 is 0 Å². The van der Waals surface area contributed by atoms with Gasteiger partial charge < -0.3 is 43.0 Å². The van der Waals surface area contributed by atoms with Crippen LogP contribution in [0.2, 0.25) is 16.6 Å². The predicted molar refractivity (Wildman–Crippen MR) is 201 cm³/mol. The van der Waals surface area contributed by atoms with Crippen molar-refractivity contribution < 1.29 is 38.0 Å². The van der Waals surface area contributed by atoms with Crippen molar-refractivity contribution in [2.75, 3.05) is 71.7 Å². The molecule has 0 aromatic heterocycles. The predicted octanol–water partition coefficient (Wildman–Crippen LogP) is 7.95. The van der Waals surface area contributed by atoms with Crippen molar-refractivity contribution in [3.05, 3.63) is 53.6 Å². The van der Waals surface area contributed by atoms with Gasteiger partial charge in [0, 0.05) is 46.4 Å². The van der Waals surface area contributed by atoms with E-state index in [0.717, 1.165) is 67.3 Å². The first-order valence-corrected chi connectivity index (χ1v) is 20.6. The topological polar surface area (TPSA) is 99.2 Å². The van der Waals surface area contributed by atoms with Gasteiger partial charge in [0.05, 0.1) is 44.2 Å². The fourth-order valence-corrected chi connectivity index (χ4v) is 13.6. The van der Waals surface area contributed by atoms with E-state index in [9.17, 15) is 9.90 Å². The van der Waals surface area contributed by atoms with Gasteiger partial charge in [-0.1, -0.05) is 59.7 Å². The van der Waals surface area contributed by atoms with Gasteiger partial charge in [-0.25, -0.2) is 4.79 Å². The SMILES string of the molecule is COCCCCOc1ccc([C@@H]2[C@@H](OCc3ccc4c(c3)N(CCCOC)CCO4)CN(C(=O)O)C[C@H]2O[Si](C(C)C)(C(C)C)C(C)C)cc1. The molecule has 2 aliphatic rings. The molecule has 2 aromatic rings. The number of unbranched alkanes of at least 4 members (excludes halogenated alkanes) is 1. The Morgan fingerprint density at radius 3 is 2.16 bits per heavy atom. The van der Waals surface area contributed by atoms with E-state index in [-0.39, 0.29) is 18.6 Å². The second kappa shape index (κ2) is 19.1. The zero-order chi connectivity index (χ0) is 36.3. The lowest BCUT2D eigenvalue weighted by Crippen LogP contribution is -2.59. The number of hydrogen-bond acceptors (Lipinski definition) is 8. The lowest BCUT2D eigenvalue weighted by atomic mass is 9.84. The number of carboxylic acid groups (broad SMARTS) is 1. The maximum atomic E-state index is 12.6. The molecule has 4 rings (SSSR count). The molecular weight excluding hydrogens is 653 g/mol. The van der Waals surface area contributed by atoms with Crippen LogP contribution in [-0.2, 0) is 25.2 Å². The minimum atomic E-state index is -2.39. The largest absolute Gasteiger partial charge is 0.494 e. The molecule has 0 spiro atoms. The molecule has 2 aliphatic heterocycles. The van der Waals surface area contributed by atoms with E-state index in [4.69, 9.17) is 28.1 Å². The second-order valence-corrected chi connectivity index (χ2v) is 20.0. The van der Waals surface area contributed by atoms with E-state index in [0.29, 0.717) is 49.6 Å². The van der Waals surface area contributed by atoms with Crippen molar-refractivity contribution in [1.29, 1.82) is 0 Å². The van der Waals surface area contributed by atoms with Crippen LogP contribution in [0.3, 0.4) is 0 Å². The van der Waals surface area contributed by atoms with Crippen LogP contribution in [0.15, 0.2) is 42.5 Å². The van der Waals surface area contributed by atoms with Crippen molar-refractivity contribution in [2.45, 2.75) is 102 Å². The number of hydrogen-bond donors (Lipinski definition) is 1. The van der Waals surface area contributed by atoms with Gasteiger partial charge in [-0.2, -0.15) is 0 Å². The van der Waals surface area contributed by atoms with Crippen LogP contribution in [0.25, 0.3) is 0 Å². The third-order valence-electron chi connectivity index (χ3n) is 10.4. The summed E-state index contributed by atoms with van der Waals surface area (Å²) < 4.78 is 36.7. The molecule has 0 aliphatic carbocycles. The molecule has 1 amide bonds. The fourth-order valence-electron chi connectivity index (χ4n) is 8.07. The molecule has 10 nitrogen and oxygen atoms in total. The first-order chi connectivity index (χ1) is 24.0. The standard InChI is InChI=1S/C39H62N2O8Si/c1-28(2)50(29(3)4,30(5)6)49-37-26-41(39(42)43)25-36(38(37)32-13-15-33(16-14-32)46-22-10-9-20-44-7)48-27-31-12-17-35-34(24-31)40(19-23-47-35)18-11-21-45-8/h12-17,24,28-30,36-38H,9-11,18-23,25-27H2,1-8H3,(H,42,43)/t36-,37+,38+/m0/s1. The summed E-state index contributed by atoms with van der Waals surface area (Å²) >= 11 is 0. The number of ether oxygens (including phenoxy) is 5. The molecule has 11 heteroatoms. The molecule has 1 fully saturated rings. The summed E-state index contributed by atoms with van der Waals surface area (Å²) in [5.74, 6) is 1.51. The van der Waals surface area contributed by atoms with E-state index in [1.807, 2.05) is 24.3 Å². The molecule has 50 heavy (non-hydrogen) atoms. The molecule has 0 radical (unpaired) electrons. The first kappa shape index (κ1) is 39.9. The molecular formula is C39H62N2O8Si. The number of carbonyl (C=O) groups is 1. The summed E-state index contributed by atoms with van der Waals surface area (Å²) in [6.45, 7) is 18.9. The van der Waals surface area contributed by atoms with Crippen LogP contribution in [0.1, 0.15) is 77.8 Å². The third kappa shape index (κ3) is 9.94. The minimum Gasteiger partial charge on any atom is -0.494 e. The highest BCUT2D eigenvalue weighted by molar-refractivity contribution is 6.77. The highest BCUT2D eigenvalue weighted by atomic mass is 28.4. The third-order valence-corrected chi connectivity index (χ3v) is 16.6. The first-order valence-electron chi connectivity index (χ1n) is 18.5. The average molecular weight is 715 g/mol. The maximum absolute atomic E-state index is 12.6. The Bertz CT molecular complexity index is 1300. The number of fused-ring (bicyclic) bond motifs is 1. The number of nitrogens with zero attached hydrogens (tertiary/aromatic N) is 2. The maximum Gasteiger partial charge on any atom is 0.407 e. The van der Waals surface area contributed by atoms with Crippen molar-refractivity contribution >= 4 is 20.1 Å². The number of methoxy groups -OCH3 is 2. The quantitative estimate of drug-likeness (QED) is 0.115. The van der Waals surface area contributed by atoms with Gasteiger partial charge in [0.2, 0.25) is 8.32 Å². The highest BCUT2D eigenvalue weighted by Crippen LogP contribution is 2.46. The van der Waals surface area contributed by atoms with Crippen molar-refractivity contribution in [2.24, 2.45) is 0 Å². The zero-order valence-corrected chi connectivity index (χ0v) is 32.7. The molecule has 1 saturated heterocycles. The van der Waals surface area contributed by atoms with Crippen LogP contribution < -0.4 is 14.4 Å². The van der Waals surface area contributed by atoms with Crippen LogP contribution >= 0.6 is 0 Å². The second-order valence-electron chi connectivity index (χ2n) is 14.6. The van der Waals surface area contributed by atoms with E-state index in [2.05, 4.69) is 64.6 Å². The normalized spacial score (nSPS) is 19.6. The van der Waals surface area contributed by atoms with Gasteiger partial charge >= 0.3 is 6.09 Å². The number of piperidine rings is 1. The monoisotopic (exact) mass is 714 g/mol. The van der Waals surface area contributed by atoms with E-state index < -0.39 is 20.5 Å². The smallest absolute Gasteiger partial charge is 0.407 e. The lowest BCUT2D eigenvalue weighted by molar-refractivity contribution is -0.0630. The van der Waals surface area contributed by atoms with E-state index in [1.54, 1.807) is 14.2 Å². The summed E-state index contributed by atoms with van der Waals surface area (Å²) in [7, 11) is 1.06. The van der Waals surface area contributed by atoms with Gasteiger partial charge in [-0.15, -0.1) is 0 Å². The Balaban J connectivity index is 1.65. The highest BCUT2D eigenvalue weighted by Gasteiger charge is 2.51. The molecule has 2 heterocycles. The molecule has 2 aromatic carbocycles. The Morgan fingerprint density at radius 2 is 1.52 bits per heavy atom. The Hall–Kier alpha value is -2.83. The summed E-state index contributed by atoms with van der Waals surface area (Å²) in [5, 5.41) is 10.3.